The summed E-state index contributed by atoms with van der Waals surface area (Å²) in [7, 11) is 0. The first-order chi connectivity index (χ1) is 8.26. The third-order valence-corrected chi connectivity index (χ3v) is 3.06. The Morgan fingerprint density at radius 1 is 1.50 bits per heavy atom. The predicted molar refractivity (Wildman–Crippen MR) is 64.0 cm³/mol. The molecule has 0 unspecified atom stereocenters. The van der Waals surface area contributed by atoms with Crippen LogP contribution < -0.4 is 5.11 Å². The number of carboxylic acid groups (broad SMARTS) is 1. The van der Waals surface area contributed by atoms with Gasteiger partial charge in [-0.25, -0.2) is 0 Å². The molecule has 4 heteroatoms. The van der Waals surface area contributed by atoms with E-state index in [1.54, 1.807) is 13.8 Å². The lowest BCUT2D eigenvalue weighted by molar-refractivity contribution is -0.313. The zero-order valence-electron chi connectivity index (χ0n) is 10.9. The monoisotopic (exact) mass is 249 g/mol. The number of carbonyl (C=O) groups is 2. The van der Waals surface area contributed by atoms with Gasteiger partial charge in [-0.15, -0.1) is 6.42 Å². The molecule has 1 aliphatic carbocycles. The predicted octanol–water partition coefficient (Wildman–Crippen LogP) is 0.664. The van der Waals surface area contributed by atoms with Gasteiger partial charge in [0.25, 0.3) is 0 Å². The van der Waals surface area contributed by atoms with Crippen LogP contribution >= 0.6 is 0 Å². The van der Waals surface area contributed by atoms with Gasteiger partial charge in [0.05, 0.1) is 5.92 Å². The number of terminal acetylenes is 1. The number of ether oxygens (including phenoxy) is 1. The molecule has 0 spiro atoms. The second-order valence-corrected chi connectivity index (χ2v) is 5.10. The zero-order chi connectivity index (χ0) is 13.9. The highest BCUT2D eigenvalue weighted by Crippen LogP contribution is 2.31. The molecule has 0 amide bonds. The minimum Gasteiger partial charge on any atom is -0.550 e. The quantitative estimate of drug-likeness (QED) is 0.419. The highest BCUT2D eigenvalue weighted by molar-refractivity contribution is 5.81. The number of allylic oxidation sites excluding steroid dienone is 2. The number of aliphatic carboxylic acids is 1. The number of carboxylic acids is 1. The Morgan fingerprint density at radius 3 is 2.61 bits per heavy atom. The number of carbonyl (C=O) groups excluding carboxylic acids is 2. The van der Waals surface area contributed by atoms with Gasteiger partial charge >= 0.3 is 5.97 Å². The molecular weight excluding hydrogens is 232 g/mol. The molecule has 2 atom stereocenters. The van der Waals surface area contributed by atoms with E-state index in [2.05, 4.69) is 5.92 Å². The van der Waals surface area contributed by atoms with Crippen LogP contribution in [-0.2, 0) is 14.3 Å². The van der Waals surface area contributed by atoms with Crippen LogP contribution in [0.2, 0.25) is 0 Å². The molecule has 0 N–H and O–H groups in total. The maximum atomic E-state index is 12.0. The summed E-state index contributed by atoms with van der Waals surface area (Å²) < 4.78 is 5.16. The fraction of sp³-hybridized carbons (Fsp3) is 0.571. The van der Waals surface area contributed by atoms with Crippen molar-refractivity contribution in [3.8, 4) is 12.3 Å². The summed E-state index contributed by atoms with van der Waals surface area (Å²) in [6, 6.07) is 0. The first-order valence-electron chi connectivity index (χ1n) is 5.84. The van der Waals surface area contributed by atoms with Crippen molar-refractivity contribution >= 4 is 11.9 Å². The van der Waals surface area contributed by atoms with E-state index < -0.39 is 29.4 Å². The molecular formula is C14H17O4-. The summed E-state index contributed by atoms with van der Waals surface area (Å²) in [5.41, 5.74) is -0.0456. The molecule has 1 aliphatic rings. The molecule has 4 nitrogen and oxygen atoms in total. The Labute approximate surface area is 107 Å². The molecule has 0 aromatic rings. The Bertz CT molecular complexity index is 426. The average molecular weight is 249 g/mol. The first-order valence-corrected chi connectivity index (χ1v) is 5.84. The van der Waals surface area contributed by atoms with Crippen molar-refractivity contribution in [2.75, 3.05) is 0 Å². The fourth-order valence-corrected chi connectivity index (χ4v) is 1.93. The molecule has 18 heavy (non-hydrogen) atoms. The second kappa shape index (κ2) is 5.26. The van der Waals surface area contributed by atoms with Crippen molar-refractivity contribution in [2.45, 2.75) is 39.2 Å². The van der Waals surface area contributed by atoms with Crippen molar-refractivity contribution < 1.29 is 19.4 Å². The van der Waals surface area contributed by atoms with Crippen LogP contribution in [0.15, 0.2) is 11.6 Å². The van der Waals surface area contributed by atoms with Crippen LogP contribution in [0.5, 0.6) is 0 Å². The van der Waals surface area contributed by atoms with Gasteiger partial charge in [-0.05, 0) is 33.6 Å². The summed E-state index contributed by atoms with van der Waals surface area (Å²) in [6.45, 7) is 5.03. The summed E-state index contributed by atoms with van der Waals surface area (Å²) in [4.78, 5) is 23.0. The van der Waals surface area contributed by atoms with Crippen molar-refractivity contribution in [3.05, 3.63) is 11.6 Å². The molecule has 0 radical (unpaired) electrons. The van der Waals surface area contributed by atoms with E-state index in [9.17, 15) is 14.7 Å². The van der Waals surface area contributed by atoms with Gasteiger partial charge in [0, 0.05) is 11.9 Å². The van der Waals surface area contributed by atoms with E-state index in [1.165, 1.54) is 0 Å². The molecule has 0 saturated carbocycles. The Hall–Kier alpha value is -1.76. The Morgan fingerprint density at radius 2 is 2.11 bits per heavy atom. The summed E-state index contributed by atoms with van der Waals surface area (Å²) in [5, 5.41) is 11.0. The maximum Gasteiger partial charge on any atom is 0.311 e. The average Bonchev–Trinajstić information content (AvgIpc) is 2.28. The molecule has 0 fully saturated rings. The lowest BCUT2D eigenvalue weighted by atomic mass is 9.80. The smallest absolute Gasteiger partial charge is 0.311 e. The lowest BCUT2D eigenvalue weighted by Crippen LogP contribution is -2.42. The molecule has 0 bridgehead atoms. The zero-order valence-corrected chi connectivity index (χ0v) is 10.9. The van der Waals surface area contributed by atoms with E-state index in [4.69, 9.17) is 11.2 Å². The van der Waals surface area contributed by atoms with Crippen molar-refractivity contribution in [2.24, 2.45) is 11.8 Å². The highest BCUT2D eigenvalue weighted by Gasteiger charge is 2.35. The normalized spacial score (nSPS) is 23.8. The van der Waals surface area contributed by atoms with E-state index in [0.717, 1.165) is 5.57 Å². The summed E-state index contributed by atoms with van der Waals surface area (Å²) in [5.74, 6) is -1.00. The van der Waals surface area contributed by atoms with Gasteiger partial charge in [-0.2, -0.15) is 0 Å². The largest absolute Gasteiger partial charge is 0.550 e. The molecule has 1 rings (SSSR count). The van der Waals surface area contributed by atoms with Crippen LogP contribution in [0.4, 0.5) is 0 Å². The fourth-order valence-electron chi connectivity index (χ4n) is 1.93. The number of hydrogen-bond donors (Lipinski definition) is 0. The van der Waals surface area contributed by atoms with Gasteiger partial charge in [0.15, 0.2) is 5.60 Å². The van der Waals surface area contributed by atoms with Crippen LogP contribution in [0.1, 0.15) is 33.6 Å². The van der Waals surface area contributed by atoms with Gasteiger partial charge in [-0.3, -0.25) is 4.79 Å². The van der Waals surface area contributed by atoms with Crippen LogP contribution in [-0.4, -0.2) is 17.5 Å². The molecule has 0 heterocycles. The number of esters is 1. The van der Waals surface area contributed by atoms with Gasteiger partial charge in [0.2, 0.25) is 0 Å². The minimum absolute atomic E-state index is 0.296. The van der Waals surface area contributed by atoms with Gasteiger partial charge in [-0.1, -0.05) is 17.6 Å². The SMILES string of the molecule is C#CC(C)(C)OC(=O)[C@H]1CC(C)=CC[C@H]1C(=O)[O-]. The van der Waals surface area contributed by atoms with Crippen LogP contribution in [0, 0.1) is 24.2 Å². The first kappa shape index (κ1) is 14.3. The molecule has 0 saturated heterocycles. The van der Waals surface area contributed by atoms with E-state index in [-0.39, 0.29) is 0 Å². The Balaban J connectivity index is 2.86. The van der Waals surface area contributed by atoms with Gasteiger partial charge in [0.1, 0.15) is 0 Å². The van der Waals surface area contributed by atoms with Crippen molar-refractivity contribution in [3.63, 3.8) is 0 Å². The van der Waals surface area contributed by atoms with E-state index >= 15 is 0 Å². The third kappa shape index (κ3) is 3.36. The second-order valence-electron chi connectivity index (χ2n) is 5.10. The van der Waals surface area contributed by atoms with Crippen LogP contribution in [0.25, 0.3) is 0 Å². The summed E-state index contributed by atoms with van der Waals surface area (Å²) >= 11 is 0. The maximum absolute atomic E-state index is 12.0. The van der Waals surface area contributed by atoms with Gasteiger partial charge < -0.3 is 14.6 Å². The topological polar surface area (TPSA) is 66.4 Å². The number of hydrogen-bond acceptors (Lipinski definition) is 4. The number of rotatable bonds is 3. The molecule has 0 aromatic carbocycles. The van der Waals surface area contributed by atoms with E-state index in [0.29, 0.717) is 12.8 Å². The van der Waals surface area contributed by atoms with Crippen LogP contribution in [0.3, 0.4) is 0 Å². The third-order valence-electron chi connectivity index (χ3n) is 3.06. The molecule has 0 aliphatic heterocycles. The van der Waals surface area contributed by atoms with Crippen molar-refractivity contribution in [1.29, 1.82) is 0 Å². The highest BCUT2D eigenvalue weighted by atomic mass is 16.6. The van der Waals surface area contributed by atoms with E-state index in [1.807, 2.05) is 13.0 Å². The lowest BCUT2D eigenvalue weighted by Gasteiger charge is -2.31. The summed E-state index contributed by atoms with van der Waals surface area (Å²) in [6.07, 6.45) is 7.72. The van der Waals surface area contributed by atoms with Crippen molar-refractivity contribution in [1.82, 2.24) is 0 Å². The standard InChI is InChI=1S/C14H18O4/c1-5-14(3,4)18-13(17)11-8-9(2)6-7-10(11)12(15)16/h1,6,10-11H,7-8H2,2-4H3,(H,15,16)/p-1/t10-,11+/m1/s1. The molecule has 0 aromatic heterocycles. The Kier molecular flexibility index (Phi) is 4.18. The minimum atomic E-state index is -1.22. The molecule has 98 valence electrons.